The van der Waals surface area contributed by atoms with Gasteiger partial charge in [0.15, 0.2) is 0 Å². The van der Waals surface area contributed by atoms with Crippen LogP contribution in [0.1, 0.15) is 23.1 Å². The summed E-state index contributed by atoms with van der Waals surface area (Å²) in [6.45, 7) is 6.19. The van der Waals surface area contributed by atoms with Crippen LogP contribution in [0.3, 0.4) is 0 Å². The maximum atomic E-state index is 12.5. The van der Waals surface area contributed by atoms with E-state index in [0.29, 0.717) is 18.7 Å². The molecule has 1 amide bonds. The van der Waals surface area contributed by atoms with Crippen LogP contribution in [-0.2, 0) is 6.54 Å². The summed E-state index contributed by atoms with van der Waals surface area (Å²) >= 11 is 0. The number of nitrogens with zero attached hydrogens (tertiary/aromatic N) is 5. The molecule has 124 valence electrons. The number of hydrogen-bond donors (Lipinski definition) is 0. The molecule has 0 aliphatic carbocycles. The van der Waals surface area contributed by atoms with Crippen molar-refractivity contribution in [2.75, 3.05) is 26.2 Å². The molecule has 0 unspecified atom stereocenters. The summed E-state index contributed by atoms with van der Waals surface area (Å²) < 4.78 is 1.26. The molecule has 1 aliphatic heterocycles. The second-order valence-electron chi connectivity index (χ2n) is 6.17. The summed E-state index contributed by atoms with van der Waals surface area (Å²) in [7, 11) is 0. The molecule has 1 aliphatic rings. The molecule has 0 N–H and O–H groups in total. The lowest BCUT2D eigenvalue weighted by Crippen LogP contribution is -2.38. The molecule has 3 rings (SSSR count). The van der Waals surface area contributed by atoms with Crippen molar-refractivity contribution in [2.24, 2.45) is 0 Å². The molecule has 0 spiro atoms. The third kappa shape index (κ3) is 3.81. The molecule has 6 nitrogen and oxygen atoms in total. The number of aromatic nitrogens is 2. The highest BCUT2D eigenvalue weighted by molar-refractivity contribution is 5.76. The molecule has 2 aromatic rings. The summed E-state index contributed by atoms with van der Waals surface area (Å²) in [5.41, 5.74) is 2.97. The number of carbonyl (C=O) groups excluding carboxylic acids is 1. The number of carbonyl (C=O) groups is 1. The van der Waals surface area contributed by atoms with E-state index in [4.69, 9.17) is 5.26 Å². The lowest BCUT2D eigenvalue weighted by Gasteiger charge is -2.21. The first-order chi connectivity index (χ1) is 11.7. The highest BCUT2D eigenvalue weighted by Gasteiger charge is 2.21. The van der Waals surface area contributed by atoms with Crippen LogP contribution in [0.15, 0.2) is 36.7 Å². The maximum Gasteiger partial charge on any atom is 0.344 e. The van der Waals surface area contributed by atoms with E-state index in [1.807, 2.05) is 11.0 Å². The van der Waals surface area contributed by atoms with Gasteiger partial charge in [0.25, 0.3) is 0 Å². The Hall–Kier alpha value is -2.65. The molecular weight excluding hydrogens is 302 g/mol. The Morgan fingerprint density at radius 2 is 2.00 bits per heavy atom. The normalized spacial score (nSPS) is 15.8. The Morgan fingerprint density at radius 1 is 1.21 bits per heavy atom. The van der Waals surface area contributed by atoms with Crippen LogP contribution >= 0.6 is 0 Å². The molecule has 1 aromatic carbocycles. The number of amides is 1. The lowest BCUT2D eigenvalue weighted by atomic mass is 10.1. The van der Waals surface area contributed by atoms with Crippen LogP contribution in [0.5, 0.6) is 0 Å². The zero-order chi connectivity index (χ0) is 16.9. The summed E-state index contributed by atoms with van der Waals surface area (Å²) in [4.78, 5) is 16.7. The zero-order valence-corrected chi connectivity index (χ0v) is 13.9. The van der Waals surface area contributed by atoms with Crippen molar-refractivity contribution >= 4 is 6.03 Å². The third-order valence-corrected chi connectivity index (χ3v) is 4.29. The van der Waals surface area contributed by atoms with E-state index in [9.17, 15) is 4.79 Å². The van der Waals surface area contributed by atoms with Crippen molar-refractivity contribution in [3.8, 4) is 6.07 Å². The van der Waals surface area contributed by atoms with Crippen molar-refractivity contribution in [3.63, 3.8) is 0 Å². The molecule has 1 aromatic heterocycles. The highest BCUT2D eigenvalue weighted by Crippen LogP contribution is 2.11. The van der Waals surface area contributed by atoms with Crippen LogP contribution in [0.25, 0.3) is 0 Å². The van der Waals surface area contributed by atoms with Gasteiger partial charge in [0.1, 0.15) is 6.07 Å². The van der Waals surface area contributed by atoms with E-state index in [1.54, 1.807) is 0 Å². The van der Waals surface area contributed by atoms with Crippen molar-refractivity contribution in [3.05, 3.63) is 53.3 Å². The minimum atomic E-state index is -0.159. The Kier molecular flexibility index (Phi) is 4.92. The fraction of sp³-hybridized carbons (Fsp3) is 0.389. The smallest absolute Gasteiger partial charge is 0.322 e. The Balaban J connectivity index is 1.59. The largest absolute Gasteiger partial charge is 0.344 e. The van der Waals surface area contributed by atoms with Crippen LogP contribution in [-0.4, -0.2) is 51.8 Å². The average molecular weight is 323 g/mol. The fourth-order valence-electron chi connectivity index (χ4n) is 2.90. The van der Waals surface area contributed by atoms with Crippen LogP contribution in [0.2, 0.25) is 0 Å². The summed E-state index contributed by atoms with van der Waals surface area (Å²) in [6, 6.07) is 10.4. The van der Waals surface area contributed by atoms with E-state index in [-0.39, 0.29) is 6.03 Å². The van der Waals surface area contributed by atoms with Gasteiger partial charge >= 0.3 is 6.03 Å². The summed E-state index contributed by atoms with van der Waals surface area (Å²) in [6.07, 6.45) is 3.83. The number of nitriles is 1. The van der Waals surface area contributed by atoms with Crippen molar-refractivity contribution in [1.29, 1.82) is 5.26 Å². The van der Waals surface area contributed by atoms with Gasteiger partial charge in [0.05, 0.1) is 18.0 Å². The standard InChI is InChI=1S/C18H21N5O/c1-15-3-5-16(6-4-15)13-21-7-2-8-22(10-9-21)18(24)23-14-17(11-19)12-20-23/h3-6,12,14H,2,7-10,13H2,1H3. The van der Waals surface area contributed by atoms with Crippen molar-refractivity contribution < 1.29 is 4.79 Å². The minimum Gasteiger partial charge on any atom is -0.322 e. The molecule has 0 radical (unpaired) electrons. The van der Waals surface area contributed by atoms with E-state index < -0.39 is 0 Å². The topological polar surface area (TPSA) is 65.2 Å². The average Bonchev–Trinajstić information content (AvgIpc) is 2.96. The molecule has 0 saturated carbocycles. The molecule has 0 bridgehead atoms. The lowest BCUT2D eigenvalue weighted by molar-refractivity contribution is 0.196. The molecule has 1 fully saturated rings. The van der Waals surface area contributed by atoms with Gasteiger partial charge in [-0.05, 0) is 18.9 Å². The zero-order valence-electron chi connectivity index (χ0n) is 13.9. The van der Waals surface area contributed by atoms with Gasteiger partial charge in [-0.25, -0.2) is 4.79 Å². The second kappa shape index (κ2) is 7.28. The number of hydrogen-bond acceptors (Lipinski definition) is 4. The number of rotatable bonds is 2. The van der Waals surface area contributed by atoms with Gasteiger partial charge in [-0.1, -0.05) is 29.8 Å². The molecule has 2 heterocycles. The Bertz CT molecular complexity index is 744. The summed E-state index contributed by atoms with van der Waals surface area (Å²) in [5.74, 6) is 0. The van der Waals surface area contributed by atoms with Gasteiger partial charge in [-0.2, -0.15) is 15.0 Å². The minimum absolute atomic E-state index is 0.159. The second-order valence-corrected chi connectivity index (χ2v) is 6.17. The van der Waals surface area contributed by atoms with Gasteiger partial charge in [0, 0.05) is 32.7 Å². The van der Waals surface area contributed by atoms with Crippen LogP contribution in [0.4, 0.5) is 4.79 Å². The Morgan fingerprint density at radius 3 is 2.71 bits per heavy atom. The first-order valence-electron chi connectivity index (χ1n) is 8.17. The quantitative estimate of drug-likeness (QED) is 0.850. The third-order valence-electron chi connectivity index (χ3n) is 4.29. The Labute approximate surface area is 141 Å². The fourth-order valence-corrected chi connectivity index (χ4v) is 2.90. The van der Waals surface area contributed by atoms with Crippen molar-refractivity contribution in [1.82, 2.24) is 19.6 Å². The van der Waals surface area contributed by atoms with Gasteiger partial charge in [-0.15, -0.1) is 0 Å². The van der Waals surface area contributed by atoms with Crippen molar-refractivity contribution in [2.45, 2.75) is 19.9 Å². The SMILES string of the molecule is Cc1ccc(CN2CCCN(C(=O)n3cc(C#N)cn3)CC2)cc1. The number of aryl methyl sites for hydroxylation is 1. The van der Waals surface area contributed by atoms with Gasteiger partial charge < -0.3 is 4.90 Å². The molecule has 6 heteroatoms. The molecular formula is C18H21N5O. The maximum absolute atomic E-state index is 12.5. The van der Waals surface area contributed by atoms with E-state index in [0.717, 1.165) is 26.1 Å². The first kappa shape index (κ1) is 16.2. The number of benzene rings is 1. The first-order valence-corrected chi connectivity index (χ1v) is 8.17. The van der Waals surface area contributed by atoms with E-state index in [1.165, 1.54) is 28.2 Å². The monoisotopic (exact) mass is 323 g/mol. The van der Waals surface area contributed by atoms with Crippen LogP contribution in [0, 0.1) is 18.3 Å². The molecule has 1 saturated heterocycles. The van der Waals surface area contributed by atoms with Crippen LogP contribution < -0.4 is 0 Å². The molecule has 0 atom stereocenters. The predicted octanol–water partition coefficient (Wildman–Crippen LogP) is 2.24. The highest BCUT2D eigenvalue weighted by atomic mass is 16.2. The van der Waals surface area contributed by atoms with Gasteiger partial charge in [-0.3, -0.25) is 4.90 Å². The van der Waals surface area contributed by atoms with E-state index in [2.05, 4.69) is 41.2 Å². The van der Waals surface area contributed by atoms with Gasteiger partial charge in [0.2, 0.25) is 0 Å². The van der Waals surface area contributed by atoms with E-state index >= 15 is 0 Å². The summed E-state index contributed by atoms with van der Waals surface area (Å²) in [5, 5.41) is 12.8. The predicted molar refractivity (Wildman–Crippen MR) is 90.4 cm³/mol. The molecule has 24 heavy (non-hydrogen) atoms.